The highest BCUT2D eigenvalue weighted by Crippen LogP contribution is 2.34. The minimum Gasteiger partial charge on any atom is -0.497 e. The van der Waals surface area contributed by atoms with Gasteiger partial charge in [-0.15, -0.1) is 0 Å². The van der Waals surface area contributed by atoms with Gasteiger partial charge in [-0.05, 0) is 37.5 Å². The predicted octanol–water partition coefficient (Wildman–Crippen LogP) is 3.54. The van der Waals surface area contributed by atoms with E-state index in [4.69, 9.17) is 16.3 Å². The van der Waals surface area contributed by atoms with E-state index in [9.17, 15) is 4.79 Å². The molecule has 1 aromatic carbocycles. The third-order valence-electron chi connectivity index (χ3n) is 4.31. The van der Waals surface area contributed by atoms with E-state index in [-0.39, 0.29) is 11.9 Å². The summed E-state index contributed by atoms with van der Waals surface area (Å²) < 4.78 is 6.86. The molecule has 0 bridgehead atoms. The Hall–Kier alpha value is -2.01. The monoisotopic (exact) mass is 333 g/mol. The molecule has 0 radical (unpaired) electrons. The topological polar surface area (TPSA) is 47.4 Å². The second-order valence-corrected chi connectivity index (χ2v) is 5.99. The van der Waals surface area contributed by atoms with Crippen molar-refractivity contribution in [1.29, 1.82) is 0 Å². The molecule has 5 nitrogen and oxygen atoms in total. The van der Waals surface area contributed by atoms with Crippen molar-refractivity contribution >= 4 is 17.5 Å². The Balaban J connectivity index is 1.88. The summed E-state index contributed by atoms with van der Waals surface area (Å²) in [7, 11) is 1.65. The van der Waals surface area contributed by atoms with E-state index in [1.54, 1.807) is 11.8 Å². The van der Waals surface area contributed by atoms with Gasteiger partial charge in [-0.1, -0.05) is 23.7 Å². The van der Waals surface area contributed by atoms with E-state index in [2.05, 4.69) is 5.10 Å². The van der Waals surface area contributed by atoms with E-state index in [0.29, 0.717) is 17.3 Å². The number of likely N-dealkylation sites (tertiary alicyclic amines) is 1. The zero-order valence-electron chi connectivity index (χ0n) is 13.3. The average molecular weight is 334 g/mol. The van der Waals surface area contributed by atoms with Crippen LogP contribution in [0, 0.1) is 0 Å². The van der Waals surface area contributed by atoms with Crippen molar-refractivity contribution in [3.8, 4) is 5.75 Å². The minimum absolute atomic E-state index is 0.0485. The zero-order chi connectivity index (χ0) is 16.4. The number of halogens is 1. The molecule has 1 aliphatic heterocycles. The number of ether oxygens (including phenoxy) is 1. The first kappa shape index (κ1) is 15.9. The number of methoxy groups -OCH3 is 1. The van der Waals surface area contributed by atoms with Crippen molar-refractivity contribution in [1.82, 2.24) is 14.7 Å². The number of nitrogens with zero attached hydrogens (tertiary/aromatic N) is 3. The molecular weight excluding hydrogens is 314 g/mol. The van der Waals surface area contributed by atoms with Gasteiger partial charge in [0.05, 0.1) is 24.4 Å². The highest BCUT2D eigenvalue weighted by Gasteiger charge is 2.33. The summed E-state index contributed by atoms with van der Waals surface area (Å²) in [5.74, 6) is 0.768. The molecule has 1 amide bonds. The van der Waals surface area contributed by atoms with Crippen molar-refractivity contribution in [3.63, 3.8) is 0 Å². The van der Waals surface area contributed by atoms with Crippen LogP contribution in [0.25, 0.3) is 0 Å². The minimum atomic E-state index is -0.0485. The fourth-order valence-corrected chi connectivity index (χ4v) is 3.36. The first-order valence-electron chi connectivity index (χ1n) is 7.82. The van der Waals surface area contributed by atoms with Gasteiger partial charge >= 0.3 is 0 Å². The van der Waals surface area contributed by atoms with Gasteiger partial charge in [-0.3, -0.25) is 9.48 Å². The third-order valence-corrected chi connectivity index (χ3v) is 4.59. The normalized spacial score (nSPS) is 17.5. The fraction of sp³-hybridized carbons (Fsp3) is 0.412. The summed E-state index contributed by atoms with van der Waals surface area (Å²) in [5.41, 5.74) is 1.60. The summed E-state index contributed by atoms with van der Waals surface area (Å²) in [6.07, 6.45) is 3.48. The number of hydrogen-bond donors (Lipinski definition) is 0. The number of carbonyl (C=O) groups is 1. The molecule has 1 unspecified atom stereocenters. The number of aromatic nitrogens is 2. The fourth-order valence-electron chi connectivity index (χ4n) is 3.13. The highest BCUT2D eigenvalue weighted by atomic mass is 35.5. The van der Waals surface area contributed by atoms with Crippen LogP contribution in [0.3, 0.4) is 0 Å². The molecule has 1 aromatic heterocycles. The first-order valence-corrected chi connectivity index (χ1v) is 8.19. The van der Waals surface area contributed by atoms with Gasteiger partial charge in [0.1, 0.15) is 11.4 Å². The molecule has 23 heavy (non-hydrogen) atoms. The van der Waals surface area contributed by atoms with Crippen LogP contribution in [0.4, 0.5) is 0 Å². The Morgan fingerprint density at radius 2 is 2.13 bits per heavy atom. The summed E-state index contributed by atoms with van der Waals surface area (Å²) in [5, 5.41) is 4.58. The van der Waals surface area contributed by atoms with Gasteiger partial charge in [0, 0.05) is 13.1 Å². The summed E-state index contributed by atoms with van der Waals surface area (Å²) in [6.45, 7) is 3.31. The molecule has 1 aliphatic rings. The van der Waals surface area contributed by atoms with E-state index in [0.717, 1.165) is 30.7 Å². The van der Waals surface area contributed by atoms with E-state index >= 15 is 0 Å². The molecule has 1 atom stereocenters. The van der Waals surface area contributed by atoms with Crippen LogP contribution in [0.2, 0.25) is 5.02 Å². The number of benzene rings is 1. The quantitative estimate of drug-likeness (QED) is 0.859. The molecule has 122 valence electrons. The molecule has 3 rings (SSSR count). The van der Waals surface area contributed by atoms with Crippen LogP contribution in [-0.4, -0.2) is 34.2 Å². The lowest BCUT2D eigenvalue weighted by atomic mass is 10.0. The number of carbonyl (C=O) groups excluding carboxylic acids is 1. The van der Waals surface area contributed by atoms with Crippen molar-refractivity contribution in [2.75, 3.05) is 13.7 Å². The van der Waals surface area contributed by atoms with Crippen LogP contribution >= 0.6 is 11.6 Å². The molecule has 0 aliphatic carbocycles. The van der Waals surface area contributed by atoms with Gasteiger partial charge in [0.15, 0.2) is 0 Å². The lowest BCUT2D eigenvalue weighted by Crippen LogP contribution is -2.32. The second-order valence-electron chi connectivity index (χ2n) is 5.59. The van der Waals surface area contributed by atoms with Crippen molar-refractivity contribution < 1.29 is 9.53 Å². The van der Waals surface area contributed by atoms with Crippen LogP contribution in [-0.2, 0) is 6.54 Å². The summed E-state index contributed by atoms with van der Waals surface area (Å²) in [4.78, 5) is 14.9. The van der Waals surface area contributed by atoms with Crippen molar-refractivity contribution in [2.24, 2.45) is 0 Å². The van der Waals surface area contributed by atoms with Gasteiger partial charge in [-0.2, -0.15) is 5.10 Å². The molecule has 1 saturated heterocycles. The highest BCUT2D eigenvalue weighted by molar-refractivity contribution is 6.33. The Morgan fingerprint density at radius 3 is 2.78 bits per heavy atom. The summed E-state index contributed by atoms with van der Waals surface area (Å²) >= 11 is 6.18. The van der Waals surface area contributed by atoms with Crippen LogP contribution in [0.5, 0.6) is 5.75 Å². The smallest absolute Gasteiger partial charge is 0.274 e. The summed E-state index contributed by atoms with van der Waals surface area (Å²) in [6, 6.07) is 7.98. The molecule has 0 spiro atoms. The molecule has 6 heteroatoms. The number of amides is 1. The Morgan fingerprint density at radius 1 is 1.39 bits per heavy atom. The molecule has 2 aromatic rings. The lowest BCUT2D eigenvalue weighted by Gasteiger charge is -2.25. The van der Waals surface area contributed by atoms with Crippen LogP contribution in [0.15, 0.2) is 30.5 Å². The van der Waals surface area contributed by atoms with Crippen molar-refractivity contribution in [2.45, 2.75) is 32.4 Å². The Labute approximate surface area is 140 Å². The van der Waals surface area contributed by atoms with E-state index in [1.165, 1.54) is 6.20 Å². The molecule has 1 fully saturated rings. The maximum atomic E-state index is 13.0. The number of hydrogen-bond acceptors (Lipinski definition) is 3. The second kappa shape index (κ2) is 6.62. The molecule has 2 heterocycles. The van der Waals surface area contributed by atoms with Gasteiger partial charge in [-0.25, -0.2) is 0 Å². The van der Waals surface area contributed by atoms with Gasteiger partial charge in [0.2, 0.25) is 0 Å². The Kier molecular flexibility index (Phi) is 4.57. The molecule has 0 N–H and O–H groups in total. The predicted molar refractivity (Wildman–Crippen MR) is 88.9 cm³/mol. The van der Waals surface area contributed by atoms with Gasteiger partial charge in [0.25, 0.3) is 5.91 Å². The van der Waals surface area contributed by atoms with Crippen LogP contribution in [0.1, 0.15) is 41.9 Å². The van der Waals surface area contributed by atoms with E-state index < -0.39 is 0 Å². The maximum absolute atomic E-state index is 13.0. The lowest BCUT2D eigenvalue weighted by molar-refractivity contribution is 0.0723. The van der Waals surface area contributed by atoms with Gasteiger partial charge < -0.3 is 9.64 Å². The first-order chi connectivity index (χ1) is 11.2. The zero-order valence-corrected chi connectivity index (χ0v) is 14.1. The van der Waals surface area contributed by atoms with E-state index in [1.807, 2.05) is 36.1 Å². The average Bonchev–Trinajstić information content (AvgIpc) is 3.21. The van der Waals surface area contributed by atoms with Crippen molar-refractivity contribution in [3.05, 3.63) is 46.7 Å². The number of aryl methyl sites for hydroxylation is 1. The van der Waals surface area contributed by atoms with Crippen LogP contribution < -0.4 is 4.74 Å². The third kappa shape index (κ3) is 2.93. The SMILES string of the molecule is CCn1ncc(Cl)c1C(=O)N1CCCC1c1ccc(OC)cc1. The largest absolute Gasteiger partial charge is 0.497 e. The standard InChI is InChI=1S/C17H20ClN3O2/c1-3-21-16(14(18)11-19-21)17(22)20-10-4-5-15(20)12-6-8-13(23-2)9-7-12/h6-9,11,15H,3-5,10H2,1-2H3. The molecule has 0 saturated carbocycles. The Bertz CT molecular complexity index is 696. The molecular formula is C17H20ClN3O2. The maximum Gasteiger partial charge on any atom is 0.274 e. The number of rotatable bonds is 4.